The van der Waals surface area contributed by atoms with E-state index in [1.54, 1.807) is 6.08 Å². The minimum absolute atomic E-state index is 0.0662. The molecule has 0 aliphatic rings. The van der Waals surface area contributed by atoms with Crippen LogP contribution in [0.1, 0.15) is 32.8 Å². The molecule has 0 fully saturated rings. The number of nitrogens with one attached hydrogen (secondary N) is 1. The molecule has 0 spiro atoms. The van der Waals surface area contributed by atoms with Gasteiger partial charge in [0.25, 0.3) is 0 Å². The molecule has 1 aromatic carbocycles. The largest absolute Gasteiger partial charge is 0.494 e. The molecule has 0 saturated heterocycles. The maximum absolute atomic E-state index is 11.7. The van der Waals surface area contributed by atoms with E-state index >= 15 is 0 Å². The summed E-state index contributed by atoms with van der Waals surface area (Å²) in [6.45, 7) is 8.57. The molecule has 22 heavy (non-hydrogen) atoms. The zero-order valence-corrected chi connectivity index (χ0v) is 14.1. The SMILES string of the molecule is CCCOc1ccc(C=CC(=O)NCCN(C)C(C)C)cc1. The predicted molar refractivity (Wildman–Crippen MR) is 92.0 cm³/mol. The number of hydrogen-bond donors (Lipinski definition) is 1. The molecule has 0 aliphatic carbocycles. The van der Waals surface area contributed by atoms with E-state index in [2.05, 4.69) is 38.0 Å². The van der Waals surface area contributed by atoms with Crippen LogP contribution >= 0.6 is 0 Å². The second-order valence-corrected chi connectivity index (χ2v) is 5.62. The van der Waals surface area contributed by atoms with Crippen LogP contribution < -0.4 is 10.1 Å². The fourth-order valence-corrected chi connectivity index (χ4v) is 1.74. The molecule has 0 heterocycles. The van der Waals surface area contributed by atoms with Gasteiger partial charge in [0.05, 0.1) is 6.61 Å². The Kier molecular flexibility index (Phi) is 8.30. The number of carbonyl (C=O) groups excluding carboxylic acids is 1. The summed E-state index contributed by atoms with van der Waals surface area (Å²) in [5, 5.41) is 2.89. The standard InChI is InChI=1S/C18H28N2O2/c1-5-14-22-17-9-6-16(7-10-17)8-11-18(21)19-12-13-20(4)15(2)3/h6-11,15H,5,12-14H2,1-4H3,(H,19,21). The van der Waals surface area contributed by atoms with Crippen LogP contribution in [0.5, 0.6) is 5.75 Å². The van der Waals surface area contributed by atoms with Gasteiger partial charge in [-0.25, -0.2) is 0 Å². The third-order valence-electron chi connectivity index (χ3n) is 3.43. The molecule has 122 valence electrons. The molecule has 4 nitrogen and oxygen atoms in total. The van der Waals surface area contributed by atoms with Crippen LogP contribution in [-0.2, 0) is 4.79 Å². The van der Waals surface area contributed by atoms with E-state index in [-0.39, 0.29) is 5.91 Å². The van der Waals surface area contributed by atoms with Gasteiger partial charge in [0.2, 0.25) is 5.91 Å². The second kappa shape index (κ2) is 10.0. The van der Waals surface area contributed by atoms with Crippen LogP contribution in [0.25, 0.3) is 6.08 Å². The van der Waals surface area contributed by atoms with Crippen molar-refractivity contribution in [1.82, 2.24) is 10.2 Å². The number of likely N-dealkylation sites (N-methyl/N-ethyl adjacent to an activating group) is 1. The van der Waals surface area contributed by atoms with Crippen LogP contribution in [0.2, 0.25) is 0 Å². The molecular formula is C18H28N2O2. The van der Waals surface area contributed by atoms with Gasteiger partial charge in [-0.3, -0.25) is 4.79 Å². The minimum Gasteiger partial charge on any atom is -0.494 e. The summed E-state index contributed by atoms with van der Waals surface area (Å²) in [4.78, 5) is 13.9. The highest BCUT2D eigenvalue weighted by Crippen LogP contribution is 2.13. The number of hydrogen-bond acceptors (Lipinski definition) is 3. The monoisotopic (exact) mass is 304 g/mol. The van der Waals surface area contributed by atoms with E-state index in [9.17, 15) is 4.79 Å². The Morgan fingerprint density at radius 1 is 1.32 bits per heavy atom. The quantitative estimate of drug-likeness (QED) is 0.713. The number of ether oxygens (including phenoxy) is 1. The Morgan fingerprint density at radius 3 is 2.59 bits per heavy atom. The Hall–Kier alpha value is -1.81. The molecule has 0 bridgehead atoms. The topological polar surface area (TPSA) is 41.6 Å². The maximum Gasteiger partial charge on any atom is 0.244 e. The van der Waals surface area contributed by atoms with Crippen molar-refractivity contribution in [3.63, 3.8) is 0 Å². The van der Waals surface area contributed by atoms with Gasteiger partial charge >= 0.3 is 0 Å². The van der Waals surface area contributed by atoms with E-state index in [1.165, 1.54) is 0 Å². The van der Waals surface area contributed by atoms with Gasteiger partial charge in [0.15, 0.2) is 0 Å². The van der Waals surface area contributed by atoms with E-state index in [1.807, 2.05) is 30.3 Å². The third kappa shape index (κ3) is 7.27. The van der Waals surface area contributed by atoms with Crippen molar-refractivity contribution in [1.29, 1.82) is 0 Å². The highest BCUT2D eigenvalue weighted by molar-refractivity contribution is 5.91. The lowest BCUT2D eigenvalue weighted by molar-refractivity contribution is -0.116. The number of nitrogens with zero attached hydrogens (tertiary/aromatic N) is 1. The Labute approximate surface area is 134 Å². The molecule has 0 aliphatic heterocycles. The zero-order chi connectivity index (χ0) is 16.4. The molecular weight excluding hydrogens is 276 g/mol. The Morgan fingerprint density at radius 2 is 2.00 bits per heavy atom. The molecule has 1 amide bonds. The smallest absolute Gasteiger partial charge is 0.244 e. The predicted octanol–water partition coefficient (Wildman–Crippen LogP) is 2.95. The lowest BCUT2D eigenvalue weighted by atomic mass is 10.2. The highest BCUT2D eigenvalue weighted by atomic mass is 16.5. The van der Waals surface area contributed by atoms with Gasteiger partial charge in [0, 0.05) is 25.2 Å². The summed E-state index contributed by atoms with van der Waals surface area (Å²) in [6.07, 6.45) is 4.37. The van der Waals surface area contributed by atoms with E-state index < -0.39 is 0 Å². The summed E-state index contributed by atoms with van der Waals surface area (Å²) < 4.78 is 5.52. The van der Waals surface area contributed by atoms with Crippen LogP contribution in [0.15, 0.2) is 30.3 Å². The van der Waals surface area contributed by atoms with Gasteiger partial charge in [-0.15, -0.1) is 0 Å². The van der Waals surface area contributed by atoms with Gasteiger partial charge < -0.3 is 15.0 Å². The molecule has 0 saturated carbocycles. The first-order valence-electron chi connectivity index (χ1n) is 7.92. The number of benzene rings is 1. The minimum atomic E-state index is -0.0662. The van der Waals surface area contributed by atoms with E-state index in [4.69, 9.17) is 4.74 Å². The lowest BCUT2D eigenvalue weighted by Gasteiger charge is -2.20. The molecule has 1 aromatic rings. The van der Waals surface area contributed by atoms with Crippen molar-refractivity contribution in [3.8, 4) is 5.75 Å². The zero-order valence-electron chi connectivity index (χ0n) is 14.1. The fourth-order valence-electron chi connectivity index (χ4n) is 1.74. The molecule has 1 N–H and O–H groups in total. The van der Waals surface area contributed by atoms with Gasteiger partial charge in [0.1, 0.15) is 5.75 Å². The molecule has 0 aromatic heterocycles. The maximum atomic E-state index is 11.7. The van der Waals surface area contributed by atoms with Crippen LogP contribution in [-0.4, -0.2) is 43.6 Å². The summed E-state index contributed by atoms with van der Waals surface area (Å²) in [7, 11) is 2.05. The Balaban J connectivity index is 2.35. The number of carbonyl (C=O) groups is 1. The van der Waals surface area contributed by atoms with E-state index in [0.717, 1.165) is 30.9 Å². The van der Waals surface area contributed by atoms with Crippen molar-refractivity contribution in [3.05, 3.63) is 35.9 Å². The number of rotatable bonds is 9. The first-order chi connectivity index (χ1) is 10.5. The van der Waals surface area contributed by atoms with Crippen LogP contribution in [0.4, 0.5) is 0 Å². The van der Waals surface area contributed by atoms with Gasteiger partial charge in [-0.2, -0.15) is 0 Å². The van der Waals surface area contributed by atoms with Gasteiger partial charge in [-0.05, 0) is 51.1 Å². The van der Waals surface area contributed by atoms with Crippen molar-refractivity contribution in [2.24, 2.45) is 0 Å². The van der Waals surface area contributed by atoms with Crippen molar-refractivity contribution >= 4 is 12.0 Å². The average molecular weight is 304 g/mol. The Bertz CT molecular complexity index is 466. The second-order valence-electron chi connectivity index (χ2n) is 5.62. The summed E-state index contributed by atoms with van der Waals surface area (Å²) in [5.74, 6) is 0.795. The van der Waals surface area contributed by atoms with Crippen molar-refractivity contribution in [2.75, 3.05) is 26.7 Å². The van der Waals surface area contributed by atoms with Crippen molar-refractivity contribution < 1.29 is 9.53 Å². The summed E-state index contributed by atoms with van der Waals surface area (Å²) >= 11 is 0. The lowest BCUT2D eigenvalue weighted by Crippen LogP contribution is -2.35. The van der Waals surface area contributed by atoms with Crippen molar-refractivity contribution in [2.45, 2.75) is 33.2 Å². The average Bonchev–Trinajstić information content (AvgIpc) is 2.51. The van der Waals surface area contributed by atoms with Crippen LogP contribution in [0, 0.1) is 0 Å². The fraction of sp³-hybridized carbons (Fsp3) is 0.500. The summed E-state index contributed by atoms with van der Waals surface area (Å²) in [6, 6.07) is 8.22. The van der Waals surface area contributed by atoms with Crippen LogP contribution in [0.3, 0.4) is 0 Å². The molecule has 0 radical (unpaired) electrons. The van der Waals surface area contributed by atoms with E-state index in [0.29, 0.717) is 12.6 Å². The first kappa shape index (κ1) is 18.2. The molecule has 1 rings (SSSR count). The molecule has 0 unspecified atom stereocenters. The normalized spacial score (nSPS) is 11.4. The molecule has 0 atom stereocenters. The van der Waals surface area contributed by atoms with Gasteiger partial charge in [-0.1, -0.05) is 19.1 Å². The third-order valence-corrected chi connectivity index (χ3v) is 3.43. The number of amides is 1. The summed E-state index contributed by atoms with van der Waals surface area (Å²) in [5.41, 5.74) is 0.985. The first-order valence-corrected chi connectivity index (χ1v) is 7.92. The highest BCUT2D eigenvalue weighted by Gasteiger charge is 2.02. The molecule has 4 heteroatoms.